The van der Waals surface area contributed by atoms with Crippen LogP contribution >= 0.6 is 15.9 Å². The molecule has 10 heavy (non-hydrogen) atoms. The second-order valence-corrected chi connectivity index (χ2v) is 3.37. The second kappa shape index (κ2) is 2.75. The Morgan fingerprint density at radius 3 is 2.30 bits per heavy atom. The highest BCUT2D eigenvalue weighted by molar-refractivity contribution is 9.10. The Morgan fingerprint density at radius 1 is 1.20 bits per heavy atom. The smallest absolute Gasteiger partial charge is 0.0213 e. The summed E-state index contributed by atoms with van der Waals surface area (Å²) in [6.07, 6.45) is 0. The monoisotopic (exact) mass is 197 g/mol. The van der Waals surface area contributed by atoms with Gasteiger partial charge in [-0.3, -0.25) is 0 Å². The molecular formula is C9H10Br. The Balaban J connectivity index is 3.34. The number of hydrogen-bond donors (Lipinski definition) is 0. The molecule has 0 heterocycles. The Morgan fingerprint density at radius 2 is 1.80 bits per heavy atom. The standard InChI is InChI=1S/C9H10Br/c1-6-4-5-9(10)8(3)7(6)2/h5H,1-3H3. The minimum Gasteiger partial charge on any atom is -0.0505 e. The van der Waals surface area contributed by atoms with Crippen LogP contribution in [0.2, 0.25) is 0 Å². The van der Waals surface area contributed by atoms with Gasteiger partial charge in [0.05, 0.1) is 0 Å². The molecule has 0 aliphatic carbocycles. The lowest BCUT2D eigenvalue weighted by Crippen LogP contribution is -1.86. The van der Waals surface area contributed by atoms with Gasteiger partial charge >= 0.3 is 0 Å². The molecule has 0 atom stereocenters. The normalized spacial score (nSPS) is 10.0. The van der Waals surface area contributed by atoms with Gasteiger partial charge in [0.2, 0.25) is 0 Å². The topological polar surface area (TPSA) is 0 Å². The molecule has 1 radical (unpaired) electrons. The van der Waals surface area contributed by atoms with Gasteiger partial charge in [0.15, 0.2) is 0 Å². The van der Waals surface area contributed by atoms with E-state index >= 15 is 0 Å². The molecule has 0 saturated carbocycles. The average molecular weight is 198 g/mol. The van der Waals surface area contributed by atoms with Crippen molar-refractivity contribution in [1.29, 1.82) is 0 Å². The SMILES string of the molecule is Cc1[c]cc(Br)c(C)c1C. The van der Waals surface area contributed by atoms with Gasteiger partial charge in [-0.25, -0.2) is 0 Å². The average Bonchev–Trinajstić information content (AvgIpc) is 1.93. The van der Waals surface area contributed by atoms with Crippen molar-refractivity contribution in [2.75, 3.05) is 0 Å². The molecule has 0 spiro atoms. The predicted octanol–water partition coefficient (Wildman–Crippen LogP) is 3.17. The van der Waals surface area contributed by atoms with E-state index in [9.17, 15) is 0 Å². The quantitative estimate of drug-likeness (QED) is 0.600. The number of aryl methyl sites for hydroxylation is 1. The van der Waals surface area contributed by atoms with E-state index in [-0.39, 0.29) is 0 Å². The first-order valence-corrected chi connectivity index (χ1v) is 4.06. The zero-order valence-corrected chi connectivity index (χ0v) is 8.04. The van der Waals surface area contributed by atoms with Gasteiger partial charge in [-0.1, -0.05) is 15.9 Å². The van der Waals surface area contributed by atoms with Crippen LogP contribution in [0.25, 0.3) is 0 Å². The van der Waals surface area contributed by atoms with Crippen molar-refractivity contribution in [3.8, 4) is 0 Å². The van der Waals surface area contributed by atoms with Crippen LogP contribution in [-0.2, 0) is 0 Å². The summed E-state index contributed by atoms with van der Waals surface area (Å²) in [6.45, 7) is 6.31. The summed E-state index contributed by atoms with van der Waals surface area (Å²) < 4.78 is 1.15. The maximum absolute atomic E-state index is 3.45. The summed E-state index contributed by atoms with van der Waals surface area (Å²) in [6, 6.07) is 5.13. The Kier molecular flexibility index (Phi) is 2.14. The Hall–Kier alpha value is -0.300. The van der Waals surface area contributed by atoms with Gasteiger partial charge in [-0.05, 0) is 49.6 Å². The lowest BCUT2D eigenvalue weighted by atomic mass is 10.1. The van der Waals surface area contributed by atoms with Crippen LogP contribution in [0, 0.1) is 26.8 Å². The van der Waals surface area contributed by atoms with E-state index in [0.717, 1.165) is 4.47 Å². The van der Waals surface area contributed by atoms with E-state index in [0.29, 0.717) is 0 Å². The second-order valence-electron chi connectivity index (χ2n) is 2.51. The van der Waals surface area contributed by atoms with Gasteiger partial charge in [0, 0.05) is 4.47 Å². The molecule has 0 unspecified atom stereocenters. The molecule has 0 bridgehead atoms. The summed E-state index contributed by atoms with van der Waals surface area (Å²) in [5, 5.41) is 0. The van der Waals surface area contributed by atoms with Gasteiger partial charge in [-0.15, -0.1) is 0 Å². The first-order chi connectivity index (χ1) is 4.63. The molecule has 0 aliphatic rings. The number of hydrogen-bond acceptors (Lipinski definition) is 0. The first-order valence-electron chi connectivity index (χ1n) is 3.27. The van der Waals surface area contributed by atoms with E-state index in [2.05, 4.69) is 42.8 Å². The summed E-state index contributed by atoms with van der Waals surface area (Å²) in [4.78, 5) is 0. The van der Waals surface area contributed by atoms with Gasteiger partial charge in [-0.2, -0.15) is 0 Å². The molecule has 53 valence electrons. The van der Waals surface area contributed by atoms with Gasteiger partial charge in [0.25, 0.3) is 0 Å². The third-order valence-corrected chi connectivity index (χ3v) is 2.72. The summed E-state index contributed by atoms with van der Waals surface area (Å²) in [7, 11) is 0. The van der Waals surface area contributed by atoms with E-state index in [1.165, 1.54) is 16.7 Å². The Labute approximate surface area is 70.4 Å². The molecule has 0 saturated heterocycles. The van der Waals surface area contributed by atoms with Crippen molar-refractivity contribution in [2.45, 2.75) is 20.8 Å². The lowest BCUT2D eigenvalue weighted by molar-refractivity contribution is 1.24. The zero-order chi connectivity index (χ0) is 7.72. The maximum atomic E-state index is 3.45. The fourth-order valence-electron chi connectivity index (χ4n) is 0.848. The molecule has 1 aromatic rings. The molecule has 0 amide bonds. The van der Waals surface area contributed by atoms with Crippen LogP contribution < -0.4 is 0 Å². The molecule has 1 heteroatoms. The van der Waals surface area contributed by atoms with E-state index < -0.39 is 0 Å². The molecule has 0 aliphatic heterocycles. The fraction of sp³-hybridized carbons (Fsp3) is 0.333. The molecule has 0 nitrogen and oxygen atoms in total. The molecular weight excluding hydrogens is 188 g/mol. The highest BCUT2D eigenvalue weighted by atomic mass is 79.9. The Bertz CT molecular complexity index is 224. The third kappa shape index (κ3) is 1.24. The van der Waals surface area contributed by atoms with E-state index in [4.69, 9.17) is 0 Å². The summed E-state index contributed by atoms with van der Waals surface area (Å²) in [5.74, 6) is 0. The molecule has 0 N–H and O–H groups in total. The van der Waals surface area contributed by atoms with Crippen molar-refractivity contribution < 1.29 is 0 Å². The van der Waals surface area contributed by atoms with Crippen LogP contribution in [0.1, 0.15) is 16.7 Å². The van der Waals surface area contributed by atoms with Crippen LogP contribution in [0.15, 0.2) is 10.5 Å². The molecule has 0 fully saturated rings. The summed E-state index contributed by atoms with van der Waals surface area (Å²) in [5.41, 5.74) is 3.88. The summed E-state index contributed by atoms with van der Waals surface area (Å²) >= 11 is 3.45. The van der Waals surface area contributed by atoms with Crippen molar-refractivity contribution >= 4 is 15.9 Å². The maximum Gasteiger partial charge on any atom is 0.0213 e. The largest absolute Gasteiger partial charge is 0.0505 e. The number of rotatable bonds is 0. The molecule has 1 rings (SSSR count). The van der Waals surface area contributed by atoms with Crippen LogP contribution in [0.3, 0.4) is 0 Å². The lowest BCUT2D eigenvalue weighted by Gasteiger charge is -2.04. The van der Waals surface area contributed by atoms with Crippen LogP contribution in [0.4, 0.5) is 0 Å². The van der Waals surface area contributed by atoms with Crippen LogP contribution in [-0.4, -0.2) is 0 Å². The highest BCUT2D eigenvalue weighted by Gasteiger charge is 1.99. The minimum absolute atomic E-state index is 1.15. The van der Waals surface area contributed by atoms with E-state index in [1.807, 2.05) is 6.07 Å². The first kappa shape index (κ1) is 7.80. The van der Waals surface area contributed by atoms with Crippen molar-refractivity contribution in [2.24, 2.45) is 0 Å². The van der Waals surface area contributed by atoms with Crippen molar-refractivity contribution in [1.82, 2.24) is 0 Å². The molecule has 1 aromatic carbocycles. The third-order valence-electron chi connectivity index (χ3n) is 1.90. The highest BCUT2D eigenvalue weighted by Crippen LogP contribution is 2.20. The van der Waals surface area contributed by atoms with Gasteiger partial charge in [0.1, 0.15) is 0 Å². The fourth-order valence-corrected chi connectivity index (χ4v) is 1.26. The van der Waals surface area contributed by atoms with Crippen molar-refractivity contribution in [3.63, 3.8) is 0 Å². The van der Waals surface area contributed by atoms with Gasteiger partial charge < -0.3 is 0 Å². The van der Waals surface area contributed by atoms with Crippen LogP contribution in [0.5, 0.6) is 0 Å². The van der Waals surface area contributed by atoms with E-state index in [1.54, 1.807) is 0 Å². The zero-order valence-electron chi connectivity index (χ0n) is 6.46. The minimum atomic E-state index is 1.15. The van der Waals surface area contributed by atoms with Crippen molar-refractivity contribution in [3.05, 3.63) is 33.3 Å². The number of halogens is 1. The predicted molar refractivity (Wildman–Crippen MR) is 47.2 cm³/mol. The number of benzene rings is 1. The molecule has 0 aromatic heterocycles.